The van der Waals surface area contributed by atoms with Crippen LogP contribution in [0.4, 0.5) is 5.69 Å². The average molecular weight is 260 g/mol. The van der Waals surface area contributed by atoms with Crippen LogP contribution >= 0.6 is 0 Å². The molecule has 1 aliphatic carbocycles. The van der Waals surface area contributed by atoms with E-state index in [1.165, 1.54) is 36.1 Å². The van der Waals surface area contributed by atoms with Gasteiger partial charge in [0.1, 0.15) is 0 Å². The highest BCUT2D eigenvalue weighted by Crippen LogP contribution is 2.34. The molecular weight excluding hydrogens is 236 g/mol. The first-order valence-electron chi connectivity index (χ1n) is 7.45. The fourth-order valence-electron chi connectivity index (χ4n) is 3.12. The third-order valence-corrected chi connectivity index (χ3v) is 4.47. The van der Waals surface area contributed by atoms with E-state index in [4.69, 9.17) is 5.11 Å². The summed E-state index contributed by atoms with van der Waals surface area (Å²) in [5.74, 6) is 0.799. The number of nitrogens with zero attached hydrogens (tertiary/aromatic N) is 1. The van der Waals surface area contributed by atoms with Crippen LogP contribution in [0.2, 0.25) is 0 Å². The van der Waals surface area contributed by atoms with Crippen LogP contribution in [0.25, 0.3) is 0 Å². The number of anilines is 1. The molecule has 3 rings (SSSR count). The second kappa shape index (κ2) is 5.51. The highest BCUT2D eigenvalue weighted by molar-refractivity contribution is 5.58. The number of benzene rings is 1. The van der Waals surface area contributed by atoms with Crippen molar-refractivity contribution < 1.29 is 5.11 Å². The number of hydrogen-bond acceptors (Lipinski definition) is 3. The minimum Gasteiger partial charge on any atom is -0.396 e. The summed E-state index contributed by atoms with van der Waals surface area (Å²) in [6, 6.07) is 7.32. The number of nitrogens with one attached hydrogen (secondary N) is 1. The molecule has 0 amide bonds. The van der Waals surface area contributed by atoms with Crippen LogP contribution in [-0.2, 0) is 13.0 Å². The van der Waals surface area contributed by atoms with Gasteiger partial charge in [0.15, 0.2) is 0 Å². The van der Waals surface area contributed by atoms with E-state index in [1.807, 2.05) is 0 Å². The monoisotopic (exact) mass is 260 g/mol. The predicted octanol–water partition coefficient (Wildman–Crippen LogP) is 1.93. The second-order valence-electron chi connectivity index (χ2n) is 5.97. The van der Waals surface area contributed by atoms with E-state index in [2.05, 4.69) is 35.5 Å². The first kappa shape index (κ1) is 12.9. The SMILES string of the molecule is CN1CCc2cc(CNC(CCO)C3CC3)ccc21. The third kappa shape index (κ3) is 2.93. The van der Waals surface area contributed by atoms with Crippen molar-refractivity contribution in [3.05, 3.63) is 29.3 Å². The summed E-state index contributed by atoms with van der Waals surface area (Å²) in [7, 11) is 2.16. The van der Waals surface area contributed by atoms with Crippen LogP contribution in [0.5, 0.6) is 0 Å². The van der Waals surface area contributed by atoms with E-state index in [0.29, 0.717) is 12.6 Å². The third-order valence-electron chi connectivity index (χ3n) is 4.47. The maximum absolute atomic E-state index is 9.12. The van der Waals surface area contributed by atoms with Gasteiger partial charge in [-0.05, 0) is 48.8 Å². The quantitative estimate of drug-likeness (QED) is 0.820. The maximum atomic E-state index is 9.12. The Kier molecular flexibility index (Phi) is 3.76. The molecular formula is C16H24N2O. The lowest BCUT2D eigenvalue weighted by Gasteiger charge is -2.18. The van der Waals surface area contributed by atoms with Gasteiger partial charge in [-0.25, -0.2) is 0 Å². The van der Waals surface area contributed by atoms with Crippen LogP contribution in [0.3, 0.4) is 0 Å². The molecule has 1 unspecified atom stereocenters. The van der Waals surface area contributed by atoms with Crippen LogP contribution in [0.1, 0.15) is 30.4 Å². The van der Waals surface area contributed by atoms with Crippen molar-refractivity contribution in [2.24, 2.45) is 5.92 Å². The van der Waals surface area contributed by atoms with Gasteiger partial charge in [-0.3, -0.25) is 0 Å². The molecule has 0 radical (unpaired) electrons. The molecule has 2 aliphatic rings. The van der Waals surface area contributed by atoms with E-state index in [1.54, 1.807) is 0 Å². The average Bonchev–Trinajstić information content (AvgIpc) is 3.20. The molecule has 1 aliphatic heterocycles. The summed E-state index contributed by atoms with van der Waals surface area (Å²) in [4.78, 5) is 2.32. The van der Waals surface area contributed by atoms with Gasteiger partial charge in [0, 0.05) is 38.5 Å². The Hall–Kier alpha value is -1.06. The molecule has 1 fully saturated rings. The van der Waals surface area contributed by atoms with Crippen molar-refractivity contribution in [3.63, 3.8) is 0 Å². The van der Waals surface area contributed by atoms with Gasteiger partial charge < -0.3 is 15.3 Å². The Morgan fingerprint density at radius 3 is 3.00 bits per heavy atom. The Labute approximate surface area is 115 Å². The lowest BCUT2D eigenvalue weighted by atomic mass is 10.1. The number of fused-ring (bicyclic) bond motifs is 1. The summed E-state index contributed by atoms with van der Waals surface area (Å²) in [6.07, 6.45) is 4.71. The standard InChI is InChI=1S/C16H24N2O/c1-18-8-6-14-10-12(2-5-16(14)18)11-17-15(7-9-19)13-3-4-13/h2,5,10,13,15,17,19H,3-4,6-9,11H2,1H3. The Morgan fingerprint density at radius 1 is 1.42 bits per heavy atom. The molecule has 3 heteroatoms. The topological polar surface area (TPSA) is 35.5 Å². The minimum atomic E-state index is 0.295. The Balaban J connectivity index is 1.60. The summed E-state index contributed by atoms with van der Waals surface area (Å²) in [6.45, 7) is 2.36. The zero-order valence-corrected chi connectivity index (χ0v) is 11.7. The van der Waals surface area contributed by atoms with Gasteiger partial charge in [-0.15, -0.1) is 0 Å². The first-order valence-corrected chi connectivity index (χ1v) is 7.45. The molecule has 0 bridgehead atoms. The fraction of sp³-hybridized carbons (Fsp3) is 0.625. The van der Waals surface area contributed by atoms with Gasteiger partial charge in [-0.1, -0.05) is 12.1 Å². The van der Waals surface area contributed by atoms with Crippen LogP contribution in [0, 0.1) is 5.92 Å². The van der Waals surface area contributed by atoms with Crippen molar-refractivity contribution in [3.8, 4) is 0 Å². The van der Waals surface area contributed by atoms with E-state index in [-0.39, 0.29) is 0 Å². The summed E-state index contributed by atoms with van der Waals surface area (Å²) in [5.41, 5.74) is 4.24. The summed E-state index contributed by atoms with van der Waals surface area (Å²) < 4.78 is 0. The molecule has 104 valence electrons. The summed E-state index contributed by atoms with van der Waals surface area (Å²) in [5, 5.41) is 12.7. The van der Waals surface area contributed by atoms with E-state index in [9.17, 15) is 0 Å². The lowest BCUT2D eigenvalue weighted by Crippen LogP contribution is -2.31. The van der Waals surface area contributed by atoms with Crippen molar-refractivity contribution >= 4 is 5.69 Å². The molecule has 1 heterocycles. The normalized spacial score (nSPS) is 19.6. The first-order chi connectivity index (χ1) is 9.28. The number of likely N-dealkylation sites (N-methyl/N-ethyl adjacent to an activating group) is 1. The highest BCUT2D eigenvalue weighted by atomic mass is 16.3. The van der Waals surface area contributed by atoms with E-state index in [0.717, 1.165) is 25.4 Å². The van der Waals surface area contributed by atoms with Crippen LogP contribution in [-0.4, -0.2) is 31.3 Å². The Morgan fingerprint density at radius 2 is 2.26 bits per heavy atom. The van der Waals surface area contributed by atoms with E-state index >= 15 is 0 Å². The molecule has 3 nitrogen and oxygen atoms in total. The molecule has 1 aromatic carbocycles. The maximum Gasteiger partial charge on any atom is 0.0445 e. The van der Waals surface area contributed by atoms with Gasteiger partial charge >= 0.3 is 0 Å². The van der Waals surface area contributed by atoms with Gasteiger partial charge in [0.2, 0.25) is 0 Å². The number of aliphatic hydroxyl groups excluding tert-OH is 1. The Bertz CT molecular complexity index is 442. The highest BCUT2D eigenvalue weighted by Gasteiger charge is 2.30. The van der Waals surface area contributed by atoms with Crippen molar-refractivity contribution in [2.45, 2.75) is 38.3 Å². The number of aliphatic hydroxyl groups is 1. The molecule has 1 aromatic rings. The van der Waals surface area contributed by atoms with Crippen LogP contribution in [0.15, 0.2) is 18.2 Å². The van der Waals surface area contributed by atoms with Gasteiger partial charge in [-0.2, -0.15) is 0 Å². The molecule has 0 spiro atoms. The van der Waals surface area contributed by atoms with Crippen molar-refractivity contribution in [2.75, 3.05) is 25.1 Å². The van der Waals surface area contributed by atoms with Crippen molar-refractivity contribution in [1.82, 2.24) is 5.32 Å². The molecule has 0 aromatic heterocycles. The molecule has 0 saturated heterocycles. The smallest absolute Gasteiger partial charge is 0.0445 e. The molecule has 2 N–H and O–H groups in total. The lowest BCUT2D eigenvalue weighted by molar-refractivity contribution is 0.256. The predicted molar refractivity (Wildman–Crippen MR) is 78.5 cm³/mol. The molecule has 1 atom stereocenters. The van der Waals surface area contributed by atoms with Gasteiger partial charge in [0.05, 0.1) is 0 Å². The largest absolute Gasteiger partial charge is 0.396 e. The van der Waals surface area contributed by atoms with Crippen LogP contribution < -0.4 is 10.2 Å². The summed E-state index contributed by atoms with van der Waals surface area (Å²) >= 11 is 0. The zero-order chi connectivity index (χ0) is 13.2. The number of hydrogen-bond donors (Lipinski definition) is 2. The van der Waals surface area contributed by atoms with E-state index < -0.39 is 0 Å². The molecule has 1 saturated carbocycles. The second-order valence-corrected chi connectivity index (χ2v) is 5.97. The fourth-order valence-corrected chi connectivity index (χ4v) is 3.12. The minimum absolute atomic E-state index is 0.295. The van der Waals surface area contributed by atoms with Crippen molar-refractivity contribution in [1.29, 1.82) is 0 Å². The number of rotatable bonds is 6. The zero-order valence-electron chi connectivity index (χ0n) is 11.7. The van der Waals surface area contributed by atoms with Gasteiger partial charge in [0.25, 0.3) is 0 Å². The molecule has 19 heavy (non-hydrogen) atoms.